The van der Waals surface area contributed by atoms with Crippen molar-refractivity contribution >= 4 is 21.6 Å². The smallest absolute Gasteiger partial charge is 0.260 e. The fourth-order valence-electron chi connectivity index (χ4n) is 1.71. The fourth-order valence-corrected chi connectivity index (χ4v) is 3.22. The summed E-state index contributed by atoms with van der Waals surface area (Å²) in [6.45, 7) is 2.37. The van der Waals surface area contributed by atoms with Gasteiger partial charge in [0.25, 0.3) is 10.0 Å². The first-order valence-electron chi connectivity index (χ1n) is 5.77. The second-order valence-corrected chi connectivity index (χ2v) is 6.25. The molecule has 1 N–H and O–H groups in total. The Kier molecular flexibility index (Phi) is 4.24. The summed E-state index contributed by atoms with van der Waals surface area (Å²) in [7, 11) is -3.57. The predicted molar refractivity (Wildman–Crippen MR) is 73.3 cm³/mol. The lowest BCUT2D eigenvalue weighted by atomic mass is 10.2. The Balaban J connectivity index is 2.29. The first kappa shape index (κ1) is 14.0. The molecule has 5 nitrogen and oxygen atoms in total. The number of halogens is 1. The minimum absolute atomic E-state index is 0.0846. The summed E-state index contributed by atoms with van der Waals surface area (Å²) in [5, 5.41) is 0.641. The van der Waals surface area contributed by atoms with Gasteiger partial charge in [0.2, 0.25) is 0 Å². The van der Waals surface area contributed by atoms with E-state index in [9.17, 15) is 8.42 Å². The van der Waals surface area contributed by atoms with Crippen LogP contribution in [0.2, 0.25) is 5.02 Å². The maximum Gasteiger partial charge on any atom is 0.260 e. The molecule has 0 radical (unpaired) electrons. The molecule has 0 unspecified atom stereocenters. The first-order valence-corrected chi connectivity index (χ1v) is 7.59. The molecule has 19 heavy (non-hydrogen) atoms. The van der Waals surface area contributed by atoms with Crippen molar-refractivity contribution in [2.45, 2.75) is 18.5 Å². The highest BCUT2D eigenvalue weighted by Crippen LogP contribution is 2.20. The first-order chi connectivity index (χ1) is 9.05. The maximum atomic E-state index is 12.4. The molecule has 0 aliphatic heterocycles. The minimum Gasteiger partial charge on any atom is -0.335 e. The number of hydrogen-bond acceptors (Lipinski definition) is 3. The van der Waals surface area contributed by atoms with Crippen LogP contribution in [0, 0.1) is 0 Å². The fraction of sp³-hybridized carbons (Fsp3) is 0.250. The molecule has 0 atom stereocenters. The average molecular weight is 300 g/mol. The molecule has 102 valence electrons. The Labute approximate surface area is 117 Å². The van der Waals surface area contributed by atoms with Crippen LogP contribution in [0.3, 0.4) is 0 Å². The maximum absolute atomic E-state index is 12.4. The van der Waals surface area contributed by atoms with Crippen molar-refractivity contribution < 1.29 is 8.42 Å². The van der Waals surface area contributed by atoms with Gasteiger partial charge < -0.3 is 4.98 Å². The number of rotatable bonds is 5. The van der Waals surface area contributed by atoms with E-state index >= 15 is 0 Å². The van der Waals surface area contributed by atoms with Crippen LogP contribution in [0.25, 0.3) is 0 Å². The van der Waals surface area contributed by atoms with Gasteiger partial charge in [0, 0.05) is 18.1 Å². The second-order valence-electron chi connectivity index (χ2n) is 3.94. The largest absolute Gasteiger partial charge is 0.335 e. The SMILES string of the molecule is CCN(Cc1ccccc1Cl)S(=O)(=O)c1cnc[nH]1. The number of H-pyrrole nitrogens is 1. The van der Waals surface area contributed by atoms with Crippen molar-refractivity contribution in [3.8, 4) is 0 Å². The van der Waals surface area contributed by atoms with Crippen molar-refractivity contribution in [2.24, 2.45) is 0 Å². The monoisotopic (exact) mass is 299 g/mol. The third-order valence-electron chi connectivity index (χ3n) is 2.75. The van der Waals surface area contributed by atoms with Crippen LogP contribution >= 0.6 is 11.6 Å². The lowest BCUT2D eigenvalue weighted by Crippen LogP contribution is -2.30. The number of benzene rings is 1. The average Bonchev–Trinajstić information content (AvgIpc) is 2.92. The Bertz CT molecular complexity index is 641. The topological polar surface area (TPSA) is 66.1 Å². The molecule has 2 aromatic rings. The summed E-state index contributed by atoms with van der Waals surface area (Å²) in [5.41, 5.74) is 0.772. The lowest BCUT2D eigenvalue weighted by Gasteiger charge is -2.20. The summed E-state index contributed by atoms with van der Waals surface area (Å²) in [6.07, 6.45) is 2.64. The highest BCUT2D eigenvalue weighted by atomic mass is 35.5. The molecule has 0 bridgehead atoms. The summed E-state index contributed by atoms with van der Waals surface area (Å²) >= 11 is 6.06. The van der Waals surface area contributed by atoms with E-state index in [1.165, 1.54) is 16.8 Å². The Morgan fingerprint density at radius 3 is 2.68 bits per heavy atom. The quantitative estimate of drug-likeness (QED) is 0.921. The van der Waals surface area contributed by atoms with Gasteiger partial charge in [-0.1, -0.05) is 36.7 Å². The molecule has 1 aromatic carbocycles. The normalized spacial score (nSPS) is 11.9. The van der Waals surface area contributed by atoms with Crippen molar-refractivity contribution in [1.29, 1.82) is 0 Å². The highest BCUT2D eigenvalue weighted by molar-refractivity contribution is 7.89. The Morgan fingerprint density at radius 1 is 1.37 bits per heavy atom. The molecule has 0 saturated carbocycles. The predicted octanol–water partition coefficient (Wildman–Crippen LogP) is 2.27. The van der Waals surface area contributed by atoms with Crippen molar-refractivity contribution in [2.75, 3.05) is 6.54 Å². The number of nitrogens with zero attached hydrogens (tertiary/aromatic N) is 2. The van der Waals surface area contributed by atoms with E-state index in [0.29, 0.717) is 11.6 Å². The summed E-state index contributed by atoms with van der Waals surface area (Å²) < 4.78 is 26.1. The van der Waals surface area contributed by atoms with Gasteiger partial charge in [-0.25, -0.2) is 13.4 Å². The highest BCUT2D eigenvalue weighted by Gasteiger charge is 2.24. The number of hydrogen-bond donors (Lipinski definition) is 1. The van der Waals surface area contributed by atoms with E-state index in [4.69, 9.17) is 11.6 Å². The van der Waals surface area contributed by atoms with Crippen LogP contribution in [0.1, 0.15) is 12.5 Å². The van der Waals surface area contributed by atoms with Gasteiger partial charge in [-0.15, -0.1) is 0 Å². The van der Waals surface area contributed by atoms with Crippen LogP contribution in [-0.2, 0) is 16.6 Å². The zero-order valence-corrected chi connectivity index (χ0v) is 11.9. The van der Waals surface area contributed by atoms with Gasteiger partial charge in [-0.3, -0.25) is 0 Å². The summed E-state index contributed by atoms with van der Waals surface area (Å²) in [6, 6.07) is 7.20. The molecule has 2 rings (SSSR count). The van der Waals surface area contributed by atoms with E-state index in [-0.39, 0.29) is 11.6 Å². The van der Waals surface area contributed by atoms with Crippen molar-refractivity contribution in [1.82, 2.24) is 14.3 Å². The van der Waals surface area contributed by atoms with E-state index in [1.54, 1.807) is 13.0 Å². The van der Waals surface area contributed by atoms with Crippen LogP contribution in [0.5, 0.6) is 0 Å². The summed E-state index contributed by atoms with van der Waals surface area (Å²) in [5.74, 6) is 0. The van der Waals surface area contributed by atoms with E-state index in [1.807, 2.05) is 18.2 Å². The molecule has 0 fully saturated rings. The zero-order valence-electron chi connectivity index (χ0n) is 10.4. The van der Waals surface area contributed by atoms with Crippen molar-refractivity contribution in [3.63, 3.8) is 0 Å². The number of sulfonamides is 1. The van der Waals surface area contributed by atoms with Gasteiger partial charge in [-0.2, -0.15) is 4.31 Å². The lowest BCUT2D eigenvalue weighted by molar-refractivity contribution is 0.421. The minimum atomic E-state index is -3.57. The number of nitrogens with one attached hydrogen (secondary N) is 1. The molecular weight excluding hydrogens is 286 g/mol. The molecule has 1 aromatic heterocycles. The van der Waals surface area contributed by atoms with Gasteiger partial charge in [0.05, 0.1) is 12.5 Å². The summed E-state index contributed by atoms with van der Waals surface area (Å²) in [4.78, 5) is 6.36. The third-order valence-corrected chi connectivity index (χ3v) is 4.96. The Hall–Kier alpha value is -1.37. The molecular formula is C12H14ClN3O2S. The molecule has 0 aliphatic rings. The molecule has 7 heteroatoms. The van der Waals surface area contributed by atoms with E-state index in [2.05, 4.69) is 9.97 Å². The molecule has 0 aliphatic carbocycles. The van der Waals surface area contributed by atoms with E-state index in [0.717, 1.165) is 5.56 Å². The van der Waals surface area contributed by atoms with Crippen LogP contribution in [0.15, 0.2) is 41.8 Å². The van der Waals surface area contributed by atoms with Crippen LogP contribution < -0.4 is 0 Å². The van der Waals surface area contributed by atoms with E-state index < -0.39 is 10.0 Å². The molecule has 0 spiro atoms. The van der Waals surface area contributed by atoms with Gasteiger partial charge >= 0.3 is 0 Å². The van der Waals surface area contributed by atoms with Gasteiger partial charge in [0.1, 0.15) is 0 Å². The number of aromatic amines is 1. The van der Waals surface area contributed by atoms with Crippen LogP contribution in [-0.4, -0.2) is 29.2 Å². The Morgan fingerprint density at radius 2 is 2.11 bits per heavy atom. The number of aromatic nitrogens is 2. The van der Waals surface area contributed by atoms with Crippen LogP contribution in [0.4, 0.5) is 0 Å². The third kappa shape index (κ3) is 2.97. The number of imidazole rings is 1. The molecule has 0 amide bonds. The zero-order chi connectivity index (χ0) is 13.9. The van der Waals surface area contributed by atoms with Crippen molar-refractivity contribution in [3.05, 3.63) is 47.4 Å². The molecule has 1 heterocycles. The standard InChI is InChI=1S/C12H14ClN3O2S/c1-2-16(8-10-5-3-4-6-11(10)13)19(17,18)12-7-14-9-15-12/h3-7,9H,2,8H2,1H3,(H,14,15). The van der Waals surface area contributed by atoms with Gasteiger partial charge in [-0.05, 0) is 11.6 Å². The second kappa shape index (κ2) is 5.73. The van der Waals surface area contributed by atoms with Gasteiger partial charge in [0.15, 0.2) is 5.03 Å². The molecule has 0 saturated heterocycles.